The lowest BCUT2D eigenvalue weighted by Crippen LogP contribution is -2.25. The van der Waals surface area contributed by atoms with E-state index in [0.717, 1.165) is 12.8 Å². The maximum absolute atomic E-state index is 13.7. The van der Waals surface area contributed by atoms with Crippen molar-refractivity contribution < 1.29 is 13.9 Å². The molecule has 0 amide bonds. The summed E-state index contributed by atoms with van der Waals surface area (Å²) >= 11 is 0. The zero-order valence-electron chi connectivity index (χ0n) is 9.55. The summed E-state index contributed by atoms with van der Waals surface area (Å²) in [6.45, 7) is 0. The van der Waals surface area contributed by atoms with E-state index in [4.69, 9.17) is 15.2 Å². The van der Waals surface area contributed by atoms with Gasteiger partial charge in [-0.2, -0.15) is 0 Å². The number of methoxy groups -OCH3 is 2. The van der Waals surface area contributed by atoms with Crippen LogP contribution in [0.4, 0.5) is 4.39 Å². The number of hydrogen-bond donors (Lipinski definition) is 1. The molecule has 2 N–H and O–H groups in total. The molecule has 0 radical (unpaired) electrons. The van der Waals surface area contributed by atoms with Crippen LogP contribution in [-0.4, -0.2) is 19.8 Å². The van der Waals surface area contributed by atoms with Crippen molar-refractivity contribution in [3.63, 3.8) is 0 Å². The van der Waals surface area contributed by atoms with Gasteiger partial charge in [0.15, 0.2) is 11.5 Å². The summed E-state index contributed by atoms with van der Waals surface area (Å²) in [7, 11) is 3.02. The first-order valence-corrected chi connectivity index (χ1v) is 5.27. The number of nitrogens with two attached hydrogens (primary N) is 1. The summed E-state index contributed by atoms with van der Waals surface area (Å²) < 4.78 is 23.9. The number of ether oxygens (including phenoxy) is 2. The minimum atomic E-state index is -0.283. The van der Waals surface area contributed by atoms with E-state index in [9.17, 15) is 4.39 Å². The highest BCUT2D eigenvalue weighted by atomic mass is 19.1. The number of halogens is 1. The Morgan fingerprint density at radius 3 is 2.31 bits per heavy atom. The number of rotatable bonds is 4. The summed E-state index contributed by atoms with van der Waals surface area (Å²) in [5, 5.41) is 0. The van der Waals surface area contributed by atoms with Gasteiger partial charge in [0.2, 0.25) is 0 Å². The van der Waals surface area contributed by atoms with Crippen molar-refractivity contribution in [1.29, 1.82) is 0 Å². The normalized spacial score (nSPS) is 17.0. The van der Waals surface area contributed by atoms with Crippen LogP contribution in [0.25, 0.3) is 0 Å². The third kappa shape index (κ3) is 2.11. The standard InChI is InChI=1S/C12H16FNO2/c1-15-10-5-8(7-12(14)3-4-12)9(13)6-11(10)16-2/h5-6H,3-4,7,14H2,1-2H3. The fourth-order valence-corrected chi connectivity index (χ4v) is 1.75. The third-order valence-electron chi connectivity index (χ3n) is 2.99. The van der Waals surface area contributed by atoms with Gasteiger partial charge < -0.3 is 15.2 Å². The van der Waals surface area contributed by atoms with Crippen LogP contribution in [0.15, 0.2) is 12.1 Å². The van der Waals surface area contributed by atoms with E-state index in [1.807, 2.05) is 0 Å². The first-order valence-electron chi connectivity index (χ1n) is 5.27. The van der Waals surface area contributed by atoms with Crippen molar-refractivity contribution in [3.8, 4) is 11.5 Å². The highest BCUT2D eigenvalue weighted by Crippen LogP contribution is 2.38. The van der Waals surface area contributed by atoms with Gasteiger partial charge in [0, 0.05) is 11.6 Å². The topological polar surface area (TPSA) is 44.5 Å². The van der Waals surface area contributed by atoms with Gasteiger partial charge in [0.05, 0.1) is 14.2 Å². The Hall–Kier alpha value is -1.29. The van der Waals surface area contributed by atoms with Crippen molar-refractivity contribution in [2.75, 3.05) is 14.2 Å². The molecule has 88 valence electrons. The molecule has 0 saturated heterocycles. The highest BCUT2D eigenvalue weighted by molar-refractivity contribution is 5.44. The van der Waals surface area contributed by atoms with Crippen molar-refractivity contribution in [1.82, 2.24) is 0 Å². The molecule has 0 heterocycles. The van der Waals surface area contributed by atoms with E-state index in [-0.39, 0.29) is 11.4 Å². The van der Waals surface area contributed by atoms with Gasteiger partial charge >= 0.3 is 0 Å². The first-order chi connectivity index (χ1) is 7.58. The largest absolute Gasteiger partial charge is 0.493 e. The lowest BCUT2D eigenvalue weighted by Gasteiger charge is -2.13. The highest BCUT2D eigenvalue weighted by Gasteiger charge is 2.38. The minimum Gasteiger partial charge on any atom is -0.493 e. The molecule has 0 atom stereocenters. The van der Waals surface area contributed by atoms with Crippen molar-refractivity contribution in [2.24, 2.45) is 5.73 Å². The predicted octanol–water partition coefficient (Wildman–Crippen LogP) is 1.88. The second-order valence-electron chi connectivity index (χ2n) is 4.34. The van der Waals surface area contributed by atoms with Gasteiger partial charge in [-0.05, 0) is 30.9 Å². The van der Waals surface area contributed by atoms with E-state index in [1.165, 1.54) is 20.3 Å². The SMILES string of the molecule is COc1cc(F)c(CC2(N)CC2)cc1OC. The van der Waals surface area contributed by atoms with Crippen LogP contribution in [0.5, 0.6) is 11.5 Å². The van der Waals surface area contributed by atoms with Gasteiger partial charge in [-0.25, -0.2) is 4.39 Å². The molecule has 1 aromatic rings. The molecule has 0 aliphatic heterocycles. The fourth-order valence-electron chi connectivity index (χ4n) is 1.75. The van der Waals surface area contributed by atoms with Gasteiger partial charge in [0.1, 0.15) is 5.82 Å². The summed E-state index contributed by atoms with van der Waals surface area (Å²) in [6, 6.07) is 3.01. The van der Waals surface area contributed by atoms with Gasteiger partial charge in [-0.3, -0.25) is 0 Å². The van der Waals surface area contributed by atoms with Crippen LogP contribution in [0.1, 0.15) is 18.4 Å². The van der Waals surface area contributed by atoms with Crippen molar-refractivity contribution in [2.45, 2.75) is 24.8 Å². The Balaban J connectivity index is 2.30. The van der Waals surface area contributed by atoms with Crippen LogP contribution in [0.2, 0.25) is 0 Å². The van der Waals surface area contributed by atoms with E-state index in [1.54, 1.807) is 6.07 Å². The summed E-state index contributed by atoms with van der Waals surface area (Å²) in [4.78, 5) is 0. The van der Waals surface area contributed by atoms with Crippen LogP contribution in [-0.2, 0) is 6.42 Å². The molecule has 0 aromatic heterocycles. The Kier molecular flexibility index (Phi) is 2.76. The van der Waals surface area contributed by atoms with E-state index in [0.29, 0.717) is 23.5 Å². The number of benzene rings is 1. The molecule has 0 spiro atoms. The molecular formula is C12H16FNO2. The lowest BCUT2D eigenvalue weighted by molar-refractivity contribution is 0.351. The molecule has 1 saturated carbocycles. The monoisotopic (exact) mass is 225 g/mol. The first kappa shape index (κ1) is 11.2. The lowest BCUT2D eigenvalue weighted by atomic mass is 10.0. The van der Waals surface area contributed by atoms with Crippen LogP contribution < -0.4 is 15.2 Å². The van der Waals surface area contributed by atoms with Gasteiger partial charge in [-0.1, -0.05) is 0 Å². The quantitative estimate of drug-likeness (QED) is 0.850. The third-order valence-corrected chi connectivity index (χ3v) is 2.99. The molecule has 0 bridgehead atoms. The van der Waals surface area contributed by atoms with E-state index < -0.39 is 0 Å². The Morgan fingerprint density at radius 1 is 1.25 bits per heavy atom. The molecule has 4 heteroatoms. The van der Waals surface area contributed by atoms with Crippen LogP contribution in [0.3, 0.4) is 0 Å². The average molecular weight is 225 g/mol. The number of hydrogen-bond acceptors (Lipinski definition) is 3. The van der Waals surface area contributed by atoms with Crippen LogP contribution >= 0.6 is 0 Å². The molecule has 1 aliphatic rings. The minimum absolute atomic E-state index is 0.208. The molecule has 1 fully saturated rings. The second kappa shape index (κ2) is 3.94. The molecule has 0 unspecified atom stereocenters. The van der Waals surface area contributed by atoms with Crippen LogP contribution in [0, 0.1) is 5.82 Å². The molecule has 2 rings (SSSR count). The Labute approximate surface area is 94.3 Å². The zero-order chi connectivity index (χ0) is 11.8. The van der Waals surface area contributed by atoms with E-state index in [2.05, 4.69) is 0 Å². The average Bonchev–Trinajstić information content (AvgIpc) is 2.99. The molecule has 1 aromatic carbocycles. The molecule has 1 aliphatic carbocycles. The van der Waals surface area contributed by atoms with Crippen molar-refractivity contribution >= 4 is 0 Å². The van der Waals surface area contributed by atoms with Gasteiger partial charge in [0.25, 0.3) is 0 Å². The van der Waals surface area contributed by atoms with Gasteiger partial charge in [-0.15, -0.1) is 0 Å². The summed E-state index contributed by atoms with van der Waals surface area (Å²) in [5.74, 6) is 0.670. The Bertz CT molecular complexity index is 402. The fraction of sp³-hybridized carbons (Fsp3) is 0.500. The Morgan fingerprint density at radius 2 is 1.81 bits per heavy atom. The second-order valence-corrected chi connectivity index (χ2v) is 4.34. The smallest absolute Gasteiger partial charge is 0.163 e. The predicted molar refractivity (Wildman–Crippen MR) is 59.4 cm³/mol. The molecule has 3 nitrogen and oxygen atoms in total. The maximum atomic E-state index is 13.7. The van der Waals surface area contributed by atoms with Crippen molar-refractivity contribution in [3.05, 3.63) is 23.5 Å². The summed E-state index contributed by atoms with van der Waals surface area (Å²) in [5.41, 5.74) is 6.36. The molecule has 16 heavy (non-hydrogen) atoms. The molecular weight excluding hydrogens is 209 g/mol. The van der Waals surface area contributed by atoms with E-state index >= 15 is 0 Å². The summed E-state index contributed by atoms with van der Waals surface area (Å²) in [6.07, 6.45) is 2.47. The zero-order valence-corrected chi connectivity index (χ0v) is 9.55. The maximum Gasteiger partial charge on any atom is 0.163 e.